The molecule has 1 aliphatic heterocycles. The first-order valence-electron chi connectivity index (χ1n) is 9.54. The van der Waals surface area contributed by atoms with E-state index in [0.29, 0.717) is 0 Å². The summed E-state index contributed by atoms with van der Waals surface area (Å²) < 4.78 is 35.6. The molecule has 33 heavy (non-hydrogen) atoms. The number of hydrogen-bond acceptors (Lipinski definition) is 10. The molecule has 2 atom stereocenters. The molecule has 3 rings (SSSR count). The molecule has 0 saturated carbocycles. The van der Waals surface area contributed by atoms with E-state index < -0.39 is 37.1 Å². The maximum Gasteiger partial charge on any atom is 0.447 e. The fourth-order valence-corrected chi connectivity index (χ4v) is 6.26. The SMILES string of the molecule is COC(=O)[C@H]([C@@H](C(=O)OC)P(=O)(Oc1ccccc1)Oc1ccccc1)N1C(=O)CSC1=S. The summed E-state index contributed by atoms with van der Waals surface area (Å²) in [5.74, 6) is -2.52. The minimum atomic E-state index is -4.61. The van der Waals surface area contributed by atoms with Gasteiger partial charge in [0.05, 0.1) is 20.0 Å². The van der Waals surface area contributed by atoms with Gasteiger partial charge in [-0.2, -0.15) is 0 Å². The van der Waals surface area contributed by atoms with Gasteiger partial charge in [0.1, 0.15) is 15.8 Å². The largest absolute Gasteiger partial charge is 0.468 e. The molecular formula is C21H20NO8PS2. The van der Waals surface area contributed by atoms with Crippen molar-refractivity contribution in [1.82, 2.24) is 4.90 Å². The molecule has 1 heterocycles. The Balaban J connectivity index is 2.18. The van der Waals surface area contributed by atoms with Crippen LogP contribution in [-0.2, 0) is 28.4 Å². The lowest BCUT2D eigenvalue weighted by Gasteiger charge is -2.33. The molecule has 2 aromatic carbocycles. The van der Waals surface area contributed by atoms with Gasteiger partial charge in [-0.1, -0.05) is 60.4 Å². The molecule has 0 N–H and O–H groups in total. The third kappa shape index (κ3) is 5.55. The van der Waals surface area contributed by atoms with Crippen molar-refractivity contribution in [3.63, 3.8) is 0 Å². The van der Waals surface area contributed by atoms with Gasteiger partial charge in [-0.05, 0) is 24.3 Å². The first-order chi connectivity index (χ1) is 15.8. The zero-order valence-corrected chi connectivity index (χ0v) is 20.1. The molecule has 1 amide bonds. The van der Waals surface area contributed by atoms with E-state index in [4.69, 9.17) is 30.7 Å². The number of rotatable bonds is 9. The lowest BCUT2D eigenvalue weighted by Crippen LogP contribution is -2.55. The highest BCUT2D eigenvalue weighted by atomic mass is 32.2. The third-order valence-electron chi connectivity index (χ3n) is 4.54. The van der Waals surface area contributed by atoms with E-state index in [1.54, 1.807) is 36.4 Å². The molecule has 0 unspecified atom stereocenters. The molecule has 0 aromatic heterocycles. The maximum atomic E-state index is 14.3. The first-order valence-corrected chi connectivity index (χ1v) is 12.5. The predicted octanol–water partition coefficient (Wildman–Crippen LogP) is 3.28. The van der Waals surface area contributed by atoms with Crippen molar-refractivity contribution >= 4 is 53.7 Å². The summed E-state index contributed by atoms with van der Waals surface area (Å²) in [5, 5.41) is 0. The molecule has 0 spiro atoms. The summed E-state index contributed by atoms with van der Waals surface area (Å²) in [6.45, 7) is 0. The number of amides is 1. The topological polar surface area (TPSA) is 108 Å². The van der Waals surface area contributed by atoms with Gasteiger partial charge in [0.25, 0.3) is 0 Å². The van der Waals surface area contributed by atoms with E-state index in [1.165, 1.54) is 24.3 Å². The highest BCUT2D eigenvalue weighted by Crippen LogP contribution is 2.55. The standard InChI is InChI=1S/C21H20NO8PS2/c1-27-19(24)17(22-16(23)13-33-21(22)32)18(20(25)28-2)31(26,29-14-9-5-3-6-10-14)30-15-11-7-4-8-12-15/h3-12,17-18H,13H2,1-2H3/t17-,18-/m0/s1. The number of thioether (sulfide) groups is 1. The number of ether oxygens (including phenoxy) is 2. The van der Waals surface area contributed by atoms with Gasteiger partial charge in [0.2, 0.25) is 11.6 Å². The minimum Gasteiger partial charge on any atom is -0.468 e. The summed E-state index contributed by atoms with van der Waals surface area (Å²) in [6.07, 6.45) is 0. The van der Waals surface area contributed by atoms with E-state index in [0.717, 1.165) is 30.9 Å². The fourth-order valence-electron chi connectivity index (χ4n) is 3.07. The van der Waals surface area contributed by atoms with Gasteiger partial charge >= 0.3 is 19.5 Å². The van der Waals surface area contributed by atoms with E-state index >= 15 is 0 Å². The van der Waals surface area contributed by atoms with E-state index in [9.17, 15) is 18.9 Å². The zero-order chi connectivity index (χ0) is 24.0. The van der Waals surface area contributed by atoms with Crippen LogP contribution < -0.4 is 9.05 Å². The molecule has 2 aromatic rings. The predicted molar refractivity (Wildman–Crippen MR) is 125 cm³/mol. The van der Waals surface area contributed by atoms with E-state index in [-0.39, 0.29) is 21.6 Å². The van der Waals surface area contributed by atoms with Crippen LogP contribution in [-0.4, -0.2) is 58.7 Å². The van der Waals surface area contributed by atoms with Crippen molar-refractivity contribution in [2.45, 2.75) is 11.7 Å². The van der Waals surface area contributed by atoms with Crippen LogP contribution in [0.15, 0.2) is 60.7 Å². The van der Waals surface area contributed by atoms with Crippen molar-refractivity contribution in [2.75, 3.05) is 20.0 Å². The lowest BCUT2D eigenvalue weighted by atomic mass is 10.1. The number of carbonyl (C=O) groups is 3. The Morgan fingerprint density at radius 2 is 1.42 bits per heavy atom. The number of hydrogen-bond donors (Lipinski definition) is 0. The highest BCUT2D eigenvalue weighted by molar-refractivity contribution is 8.24. The van der Waals surface area contributed by atoms with Crippen molar-refractivity contribution in [2.24, 2.45) is 0 Å². The molecule has 12 heteroatoms. The summed E-state index contributed by atoms with van der Waals surface area (Å²) >= 11 is 6.22. The van der Waals surface area contributed by atoms with Crippen molar-refractivity contribution in [3.8, 4) is 11.5 Å². The number of carbonyl (C=O) groups excluding carboxylic acids is 3. The number of para-hydroxylation sites is 2. The van der Waals surface area contributed by atoms with Crippen LogP contribution >= 0.6 is 31.6 Å². The fraction of sp³-hybridized carbons (Fsp3) is 0.238. The Labute approximate surface area is 199 Å². The molecule has 174 valence electrons. The average molecular weight is 509 g/mol. The second-order valence-electron chi connectivity index (χ2n) is 6.60. The molecule has 0 bridgehead atoms. The Morgan fingerprint density at radius 3 is 1.82 bits per heavy atom. The van der Waals surface area contributed by atoms with Crippen LogP contribution in [0.5, 0.6) is 11.5 Å². The number of methoxy groups -OCH3 is 2. The number of nitrogens with zero attached hydrogens (tertiary/aromatic N) is 1. The summed E-state index contributed by atoms with van der Waals surface area (Å²) in [4.78, 5) is 39.4. The minimum absolute atomic E-state index is 0.0234. The summed E-state index contributed by atoms with van der Waals surface area (Å²) in [5.41, 5.74) is -1.91. The van der Waals surface area contributed by atoms with Gasteiger partial charge in [-0.15, -0.1) is 0 Å². The van der Waals surface area contributed by atoms with Gasteiger partial charge in [0, 0.05) is 0 Å². The lowest BCUT2D eigenvalue weighted by molar-refractivity contribution is -0.153. The van der Waals surface area contributed by atoms with Crippen LogP contribution in [0.3, 0.4) is 0 Å². The average Bonchev–Trinajstić information content (AvgIpc) is 3.15. The Hall–Kier alpha value is -2.88. The Kier molecular flexibility index (Phi) is 8.12. The normalized spacial score (nSPS) is 15.5. The second kappa shape index (κ2) is 10.8. The zero-order valence-electron chi connectivity index (χ0n) is 17.6. The molecule has 0 aliphatic carbocycles. The van der Waals surface area contributed by atoms with Crippen LogP contribution in [0.1, 0.15) is 0 Å². The third-order valence-corrected chi connectivity index (χ3v) is 8.03. The Morgan fingerprint density at radius 1 is 0.939 bits per heavy atom. The van der Waals surface area contributed by atoms with Gasteiger partial charge in [0.15, 0.2) is 6.04 Å². The number of benzene rings is 2. The van der Waals surface area contributed by atoms with Crippen LogP contribution in [0.2, 0.25) is 0 Å². The van der Waals surface area contributed by atoms with E-state index in [1.807, 2.05) is 0 Å². The van der Waals surface area contributed by atoms with Crippen LogP contribution in [0, 0.1) is 0 Å². The van der Waals surface area contributed by atoms with Gasteiger partial charge in [-0.3, -0.25) is 14.5 Å². The van der Waals surface area contributed by atoms with E-state index in [2.05, 4.69) is 0 Å². The Bertz CT molecular complexity index is 1020. The first kappa shape index (κ1) is 24.8. The van der Waals surface area contributed by atoms with Gasteiger partial charge < -0.3 is 18.5 Å². The molecule has 1 saturated heterocycles. The monoisotopic (exact) mass is 509 g/mol. The number of esters is 2. The van der Waals surface area contributed by atoms with Crippen LogP contribution in [0.25, 0.3) is 0 Å². The quantitative estimate of drug-likeness (QED) is 0.284. The summed E-state index contributed by atoms with van der Waals surface area (Å²) in [6, 6.07) is 14.2. The van der Waals surface area contributed by atoms with Gasteiger partial charge in [-0.25, -0.2) is 9.36 Å². The molecule has 0 radical (unpaired) electrons. The summed E-state index contributed by atoms with van der Waals surface area (Å²) in [7, 11) is -2.49. The van der Waals surface area contributed by atoms with Crippen molar-refractivity contribution in [3.05, 3.63) is 60.7 Å². The molecule has 9 nitrogen and oxygen atoms in total. The maximum absolute atomic E-state index is 14.3. The highest BCUT2D eigenvalue weighted by Gasteiger charge is 2.58. The second-order valence-corrected chi connectivity index (χ2v) is 10.2. The number of thiocarbonyl (C=S) groups is 1. The van der Waals surface area contributed by atoms with Crippen molar-refractivity contribution in [1.29, 1.82) is 0 Å². The van der Waals surface area contributed by atoms with Crippen LogP contribution in [0.4, 0.5) is 0 Å². The smallest absolute Gasteiger partial charge is 0.447 e. The van der Waals surface area contributed by atoms with Crippen molar-refractivity contribution < 1.29 is 37.5 Å². The molecule has 1 fully saturated rings. The molecule has 1 aliphatic rings. The molecular weight excluding hydrogens is 489 g/mol.